The second-order valence-corrected chi connectivity index (χ2v) is 8.62. The average molecular weight is 334 g/mol. The first-order chi connectivity index (χ1) is 11.4. The lowest BCUT2D eigenvalue weighted by Gasteiger charge is -2.53. The van der Waals surface area contributed by atoms with Crippen LogP contribution in [0.3, 0.4) is 0 Å². The molecule has 4 aliphatic carbocycles. The maximum absolute atomic E-state index is 14.0. The molecule has 4 heteroatoms. The number of rotatable bonds is 1. The third-order valence-corrected chi connectivity index (χ3v) is 7.57. The SMILES string of the molecule is CC(=O)O[C@@H]1CC[C@@H]2[C@@H]3CCC4=CC(=O)[C@H](F)C[C@@H]4[C@@H]3CC[C@@]21C. The minimum atomic E-state index is -1.30. The zero-order valence-electron chi connectivity index (χ0n) is 14.6. The fraction of sp³-hybridized carbons (Fsp3) is 0.800. The number of ketones is 1. The van der Waals surface area contributed by atoms with Gasteiger partial charge in [-0.25, -0.2) is 4.39 Å². The number of allylic oxidation sites excluding steroid dienone is 1. The van der Waals surface area contributed by atoms with E-state index in [1.807, 2.05) is 0 Å². The van der Waals surface area contributed by atoms with Gasteiger partial charge in [0, 0.05) is 12.3 Å². The molecule has 0 bridgehead atoms. The summed E-state index contributed by atoms with van der Waals surface area (Å²) < 4.78 is 19.7. The van der Waals surface area contributed by atoms with Crippen LogP contribution in [0, 0.1) is 29.1 Å². The first-order valence-corrected chi connectivity index (χ1v) is 9.45. The molecular weight excluding hydrogens is 307 g/mol. The number of hydrogen-bond donors (Lipinski definition) is 0. The lowest BCUT2D eigenvalue weighted by Crippen LogP contribution is -2.49. The van der Waals surface area contributed by atoms with E-state index in [1.54, 1.807) is 6.08 Å². The van der Waals surface area contributed by atoms with E-state index < -0.39 is 6.17 Å². The van der Waals surface area contributed by atoms with Gasteiger partial charge >= 0.3 is 5.97 Å². The van der Waals surface area contributed by atoms with Crippen molar-refractivity contribution >= 4 is 11.8 Å². The highest BCUT2D eigenvalue weighted by atomic mass is 19.1. The minimum absolute atomic E-state index is 0.0414. The van der Waals surface area contributed by atoms with Gasteiger partial charge in [-0.05, 0) is 74.7 Å². The number of carbonyl (C=O) groups excluding carboxylic acids is 2. The number of alkyl halides is 1. The van der Waals surface area contributed by atoms with Gasteiger partial charge in [0.2, 0.25) is 0 Å². The Kier molecular flexibility index (Phi) is 3.85. The van der Waals surface area contributed by atoms with E-state index in [1.165, 1.54) is 12.5 Å². The van der Waals surface area contributed by atoms with E-state index >= 15 is 0 Å². The summed E-state index contributed by atoms with van der Waals surface area (Å²) in [6.45, 7) is 3.79. The second kappa shape index (κ2) is 5.67. The molecule has 24 heavy (non-hydrogen) atoms. The van der Waals surface area contributed by atoms with Gasteiger partial charge in [0.1, 0.15) is 6.10 Å². The Balaban J connectivity index is 1.58. The molecule has 3 saturated carbocycles. The maximum atomic E-state index is 14.0. The van der Waals surface area contributed by atoms with Crippen LogP contribution in [0.2, 0.25) is 0 Å². The van der Waals surface area contributed by atoms with E-state index in [2.05, 4.69) is 6.92 Å². The zero-order chi connectivity index (χ0) is 17.1. The summed E-state index contributed by atoms with van der Waals surface area (Å²) in [7, 11) is 0. The Labute approximate surface area is 143 Å². The fourth-order valence-corrected chi connectivity index (χ4v) is 6.49. The summed E-state index contributed by atoms with van der Waals surface area (Å²) in [6, 6.07) is 0. The summed E-state index contributed by atoms with van der Waals surface area (Å²) in [5, 5.41) is 0. The molecule has 0 spiro atoms. The van der Waals surface area contributed by atoms with Gasteiger partial charge in [-0.15, -0.1) is 0 Å². The standard InChI is InChI=1S/C20H27FO3/c1-11(22)24-19-6-5-16-14-4-3-12-9-18(23)17(21)10-15(12)13(14)7-8-20(16,19)2/h9,13-17,19H,3-8,10H2,1-2H3/t13-,14-,15+,16-,17-,19-,20+/m1/s1. The molecule has 0 radical (unpaired) electrons. The molecular formula is C20H27FO3. The van der Waals surface area contributed by atoms with Crippen LogP contribution in [0.25, 0.3) is 0 Å². The van der Waals surface area contributed by atoms with Crippen molar-refractivity contribution in [1.82, 2.24) is 0 Å². The third kappa shape index (κ3) is 2.36. The number of esters is 1. The molecule has 4 rings (SSSR count). The number of ether oxygens (including phenoxy) is 1. The number of carbonyl (C=O) groups is 2. The summed E-state index contributed by atoms with van der Waals surface area (Å²) in [5.41, 5.74) is 1.28. The summed E-state index contributed by atoms with van der Waals surface area (Å²) in [4.78, 5) is 23.1. The van der Waals surface area contributed by atoms with Crippen molar-refractivity contribution in [3.8, 4) is 0 Å². The molecule has 0 amide bonds. The average Bonchev–Trinajstić information content (AvgIpc) is 2.85. The lowest BCUT2D eigenvalue weighted by atomic mass is 9.52. The molecule has 3 nitrogen and oxygen atoms in total. The molecule has 4 aliphatic rings. The molecule has 7 atom stereocenters. The third-order valence-electron chi connectivity index (χ3n) is 7.57. The van der Waals surface area contributed by atoms with Crippen molar-refractivity contribution in [1.29, 1.82) is 0 Å². The highest BCUT2D eigenvalue weighted by molar-refractivity contribution is 5.95. The number of hydrogen-bond acceptors (Lipinski definition) is 3. The summed E-state index contributed by atoms with van der Waals surface area (Å²) in [5.74, 6) is 1.42. The van der Waals surface area contributed by atoms with Crippen LogP contribution in [-0.4, -0.2) is 24.0 Å². The first-order valence-electron chi connectivity index (χ1n) is 9.45. The molecule has 0 unspecified atom stereocenters. The molecule has 0 aromatic rings. The Hall–Kier alpha value is -1.19. The first kappa shape index (κ1) is 16.3. The quantitative estimate of drug-likeness (QED) is 0.681. The van der Waals surface area contributed by atoms with Gasteiger partial charge in [0.15, 0.2) is 12.0 Å². The molecule has 0 aromatic carbocycles. The van der Waals surface area contributed by atoms with E-state index in [-0.39, 0.29) is 29.2 Å². The van der Waals surface area contributed by atoms with E-state index in [4.69, 9.17) is 4.74 Å². The second-order valence-electron chi connectivity index (χ2n) is 8.62. The lowest BCUT2D eigenvalue weighted by molar-refractivity contribution is -0.156. The summed E-state index contributed by atoms with van der Waals surface area (Å²) in [6.07, 6.45) is 6.97. The van der Waals surface area contributed by atoms with Gasteiger partial charge < -0.3 is 4.74 Å². The van der Waals surface area contributed by atoms with Crippen LogP contribution in [0.4, 0.5) is 4.39 Å². The van der Waals surface area contributed by atoms with Crippen molar-refractivity contribution in [3.05, 3.63) is 11.6 Å². The number of fused-ring (bicyclic) bond motifs is 5. The molecule has 3 fully saturated rings. The van der Waals surface area contributed by atoms with Gasteiger partial charge in [0.05, 0.1) is 0 Å². The van der Waals surface area contributed by atoms with Crippen LogP contribution in [0.5, 0.6) is 0 Å². The Morgan fingerprint density at radius 1 is 1.25 bits per heavy atom. The zero-order valence-corrected chi connectivity index (χ0v) is 14.6. The van der Waals surface area contributed by atoms with Gasteiger partial charge in [-0.1, -0.05) is 12.5 Å². The minimum Gasteiger partial charge on any atom is -0.462 e. The van der Waals surface area contributed by atoms with Crippen LogP contribution < -0.4 is 0 Å². The van der Waals surface area contributed by atoms with E-state index in [0.29, 0.717) is 24.2 Å². The molecule has 0 aliphatic heterocycles. The van der Waals surface area contributed by atoms with Crippen molar-refractivity contribution in [2.45, 2.75) is 71.1 Å². The van der Waals surface area contributed by atoms with Crippen molar-refractivity contribution in [3.63, 3.8) is 0 Å². The Morgan fingerprint density at radius 2 is 2.04 bits per heavy atom. The predicted molar refractivity (Wildman–Crippen MR) is 87.9 cm³/mol. The monoisotopic (exact) mass is 334 g/mol. The summed E-state index contributed by atoms with van der Waals surface area (Å²) >= 11 is 0. The van der Waals surface area contributed by atoms with Crippen LogP contribution in [-0.2, 0) is 14.3 Å². The molecule has 0 N–H and O–H groups in total. The van der Waals surface area contributed by atoms with Crippen LogP contribution in [0.1, 0.15) is 58.8 Å². The largest absolute Gasteiger partial charge is 0.462 e. The maximum Gasteiger partial charge on any atom is 0.302 e. The molecule has 132 valence electrons. The molecule has 0 aromatic heterocycles. The van der Waals surface area contributed by atoms with Gasteiger partial charge in [-0.2, -0.15) is 0 Å². The Morgan fingerprint density at radius 3 is 2.79 bits per heavy atom. The van der Waals surface area contributed by atoms with Crippen LogP contribution >= 0.6 is 0 Å². The highest BCUT2D eigenvalue weighted by Gasteiger charge is 2.57. The van der Waals surface area contributed by atoms with Crippen LogP contribution in [0.15, 0.2) is 11.6 Å². The molecule has 0 saturated heterocycles. The smallest absolute Gasteiger partial charge is 0.302 e. The Bertz CT molecular complexity index is 598. The van der Waals surface area contributed by atoms with Crippen molar-refractivity contribution in [2.24, 2.45) is 29.1 Å². The molecule has 0 heterocycles. The van der Waals surface area contributed by atoms with Gasteiger partial charge in [0.25, 0.3) is 0 Å². The van der Waals surface area contributed by atoms with Crippen molar-refractivity contribution < 1.29 is 18.7 Å². The van der Waals surface area contributed by atoms with E-state index in [0.717, 1.165) is 38.5 Å². The predicted octanol–water partition coefficient (Wildman–Crippen LogP) is 4.01. The van der Waals surface area contributed by atoms with E-state index in [9.17, 15) is 14.0 Å². The normalized spacial score (nSPS) is 47.3. The van der Waals surface area contributed by atoms with Gasteiger partial charge in [-0.3, -0.25) is 9.59 Å². The highest BCUT2D eigenvalue weighted by Crippen LogP contribution is 2.62. The fourth-order valence-electron chi connectivity index (χ4n) is 6.49. The number of halogens is 1. The van der Waals surface area contributed by atoms with Crippen molar-refractivity contribution in [2.75, 3.05) is 0 Å². The topological polar surface area (TPSA) is 43.4 Å².